The van der Waals surface area contributed by atoms with Crippen LogP contribution in [0.3, 0.4) is 0 Å². The van der Waals surface area contributed by atoms with Crippen molar-refractivity contribution in [1.29, 1.82) is 0 Å². The molecule has 0 spiro atoms. The number of fused-ring (bicyclic) bond motifs is 1. The molecule has 1 saturated heterocycles. The Morgan fingerprint density at radius 1 is 1.22 bits per heavy atom. The number of rotatable bonds is 2. The molecule has 23 heavy (non-hydrogen) atoms. The molecule has 4 rings (SSSR count). The topological polar surface area (TPSA) is 56.6 Å². The van der Waals surface area contributed by atoms with E-state index in [0.29, 0.717) is 43.4 Å². The van der Waals surface area contributed by atoms with E-state index in [9.17, 15) is 4.79 Å². The number of benzene rings is 1. The molecular weight excluding hydrogens is 294 g/mol. The minimum absolute atomic E-state index is 0.00914. The molecule has 0 bridgehead atoms. The van der Waals surface area contributed by atoms with Crippen molar-refractivity contribution in [2.75, 3.05) is 26.3 Å². The number of nitrogens with zero attached hydrogens (tertiary/aromatic N) is 3. The first kappa shape index (κ1) is 14.1. The summed E-state index contributed by atoms with van der Waals surface area (Å²) >= 11 is 0. The predicted molar refractivity (Wildman–Crippen MR) is 84.1 cm³/mol. The molecule has 1 aromatic carbocycles. The van der Waals surface area contributed by atoms with Gasteiger partial charge in [0.25, 0.3) is 5.91 Å². The molecule has 0 unspecified atom stereocenters. The summed E-state index contributed by atoms with van der Waals surface area (Å²) in [6.07, 6.45) is 0. The van der Waals surface area contributed by atoms with Crippen molar-refractivity contribution < 1.29 is 14.3 Å². The van der Waals surface area contributed by atoms with E-state index in [4.69, 9.17) is 9.47 Å². The van der Waals surface area contributed by atoms with Crippen LogP contribution in [0.1, 0.15) is 27.8 Å². The van der Waals surface area contributed by atoms with Gasteiger partial charge in [-0.15, -0.1) is 0 Å². The largest absolute Gasteiger partial charge is 0.486 e. The van der Waals surface area contributed by atoms with Gasteiger partial charge in [-0.25, -0.2) is 0 Å². The molecule has 2 aliphatic rings. The van der Waals surface area contributed by atoms with Crippen molar-refractivity contribution in [2.24, 2.45) is 0 Å². The molecule has 6 nitrogen and oxygen atoms in total. The van der Waals surface area contributed by atoms with E-state index < -0.39 is 0 Å². The SMILES string of the molecule is Cc1cc(C)n(C2CN(C(=O)c3cccc4c3OCCO4)C2)n1. The van der Waals surface area contributed by atoms with E-state index in [1.54, 1.807) is 6.07 Å². The second kappa shape index (κ2) is 5.30. The molecule has 2 aliphatic heterocycles. The summed E-state index contributed by atoms with van der Waals surface area (Å²) in [7, 11) is 0. The van der Waals surface area contributed by atoms with Gasteiger partial charge >= 0.3 is 0 Å². The van der Waals surface area contributed by atoms with Crippen LogP contribution in [0, 0.1) is 13.8 Å². The Bertz CT molecular complexity index is 762. The average Bonchev–Trinajstić information content (AvgIpc) is 2.83. The summed E-state index contributed by atoms with van der Waals surface area (Å²) < 4.78 is 13.2. The third-order valence-corrected chi connectivity index (χ3v) is 4.34. The maximum absolute atomic E-state index is 12.7. The molecule has 3 heterocycles. The molecule has 0 atom stereocenters. The lowest BCUT2D eigenvalue weighted by Crippen LogP contribution is -2.51. The molecule has 1 fully saturated rings. The molecule has 0 radical (unpaired) electrons. The third-order valence-electron chi connectivity index (χ3n) is 4.34. The minimum atomic E-state index is -0.00914. The molecule has 6 heteroatoms. The number of hydrogen-bond donors (Lipinski definition) is 0. The van der Waals surface area contributed by atoms with Crippen LogP contribution in [0.5, 0.6) is 11.5 Å². The fourth-order valence-corrected chi connectivity index (χ4v) is 3.20. The lowest BCUT2D eigenvalue weighted by Gasteiger charge is -2.40. The number of carbonyl (C=O) groups excluding carboxylic acids is 1. The second-order valence-corrected chi connectivity index (χ2v) is 6.07. The van der Waals surface area contributed by atoms with Crippen LogP contribution in [0.15, 0.2) is 24.3 Å². The molecule has 1 aromatic heterocycles. The number of amides is 1. The summed E-state index contributed by atoms with van der Waals surface area (Å²) in [5.74, 6) is 1.21. The van der Waals surface area contributed by atoms with Gasteiger partial charge in [0.2, 0.25) is 0 Å². The van der Waals surface area contributed by atoms with Crippen LogP contribution in [0.25, 0.3) is 0 Å². The number of para-hydroxylation sites is 1. The van der Waals surface area contributed by atoms with Gasteiger partial charge in [-0.05, 0) is 32.0 Å². The number of hydrogen-bond acceptors (Lipinski definition) is 4. The van der Waals surface area contributed by atoms with Gasteiger partial charge in [0.15, 0.2) is 11.5 Å². The van der Waals surface area contributed by atoms with Gasteiger partial charge in [-0.2, -0.15) is 5.10 Å². The highest BCUT2D eigenvalue weighted by Crippen LogP contribution is 2.35. The van der Waals surface area contributed by atoms with Gasteiger partial charge in [-0.3, -0.25) is 9.48 Å². The van der Waals surface area contributed by atoms with Gasteiger partial charge in [0.05, 0.1) is 17.3 Å². The predicted octanol–water partition coefficient (Wildman–Crippen LogP) is 1.97. The average molecular weight is 313 g/mol. The Morgan fingerprint density at radius 2 is 2.00 bits per heavy atom. The van der Waals surface area contributed by atoms with E-state index in [1.807, 2.05) is 35.6 Å². The molecule has 0 saturated carbocycles. The Balaban J connectivity index is 1.51. The Hall–Kier alpha value is -2.50. The molecular formula is C17H19N3O3. The quantitative estimate of drug-likeness (QED) is 0.850. The molecule has 1 amide bonds. The summed E-state index contributed by atoms with van der Waals surface area (Å²) in [6.45, 7) is 6.37. The molecule has 0 aliphatic carbocycles. The molecule has 2 aromatic rings. The standard InChI is InChI=1S/C17H19N3O3/c1-11-8-12(2)20(18-11)13-9-19(10-13)17(21)14-4-3-5-15-16(14)23-7-6-22-15/h3-5,8,13H,6-7,9-10H2,1-2H3. The lowest BCUT2D eigenvalue weighted by molar-refractivity contribution is 0.0489. The van der Waals surface area contributed by atoms with Gasteiger partial charge in [-0.1, -0.05) is 6.07 Å². The number of carbonyl (C=O) groups is 1. The second-order valence-electron chi connectivity index (χ2n) is 6.07. The van der Waals surface area contributed by atoms with Crippen molar-refractivity contribution in [1.82, 2.24) is 14.7 Å². The monoisotopic (exact) mass is 313 g/mol. The Kier molecular flexibility index (Phi) is 3.25. The number of aromatic nitrogens is 2. The summed E-state index contributed by atoms with van der Waals surface area (Å²) in [4.78, 5) is 14.6. The summed E-state index contributed by atoms with van der Waals surface area (Å²) in [5, 5.41) is 4.50. The normalized spacial score (nSPS) is 17.0. The van der Waals surface area contributed by atoms with Gasteiger partial charge in [0, 0.05) is 18.8 Å². The Morgan fingerprint density at radius 3 is 2.74 bits per heavy atom. The van der Waals surface area contributed by atoms with Crippen LogP contribution in [0.4, 0.5) is 0 Å². The zero-order valence-corrected chi connectivity index (χ0v) is 13.3. The van der Waals surface area contributed by atoms with Gasteiger partial charge in [0.1, 0.15) is 13.2 Å². The maximum atomic E-state index is 12.7. The highest BCUT2D eigenvalue weighted by Gasteiger charge is 2.35. The minimum Gasteiger partial charge on any atom is -0.486 e. The number of ether oxygens (including phenoxy) is 2. The van der Waals surface area contributed by atoms with Crippen LogP contribution in [-0.4, -0.2) is 46.9 Å². The first-order valence-electron chi connectivity index (χ1n) is 7.84. The molecule has 0 N–H and O–H groups in total. The van der Waals surface area contributed by atoms with E-state index in [1.165, 1.54) is 0 Å². The number of likely N-dealkylation sites (tertiary alicyclic amines) is 1. The highest BCUT2D eigenvalue weighted by atomic mass is 16.6. The lowest BCUT2D eigenvalue weighted by atomic mass is 10.1. The maximum Gasteiger partial charge on any atom is 0.257 e. The van der Waals surface area contributed by atoms with Crippen molar-refractivity contribution in [3.63, 3.8) is 0 Å². The van der Waals surface area contributed by atoms with Crippen LogP contribution < -0.4 is 9.47 Å². The molecule has 120 valence electrons. The first-order valence-corrected chi connectivity index (χ1v) is 7.84. The fourth-order valence-electron chi connectivity index (χ4n) is 3.20. The summed E-state index contributed by atoms with van der Waals surface area (Å²) in [6, 6.07) is 7.78. The van der Waals surface area contributed by atoms with Crippen LogP contribution >= 0.6 is 0 Å². The van der Waals surface area contributed by atoms with E-state index in [-0.39, 0.29) is 11.9 Å². The number of aryl methyl sites for hydroxylation is 2. The van der Waals surface area contributed by atoms with Crippen molar-refractivity contribution in [3.8, 4) is 11.5 Å². The van der Waals surface area contributed by atoms with Gasteiger partial charge < -0.3 is 14.4 Å². The van der Waals surface area contributed by atoms with Crippen LogP contribution in [0.2, 0.25) is 0 Å². The van der Waals surface area contributed by atoms with Crippen LogP contribution in [-0.2, 0) is 0 Å². The summed E-state index contributed by atoms with van der Waals surface area (Å²) in [5.41, 5.74) is 2.72. The van der Waals surface area contributed by atoms with Crippen molar-refractivity contribution in [3.05, 3.63) is 41.2 Å². The third kappa shape index (κ3) is 2.34. The zero-order valence-electron chi connectivity index (χ0n) is 13.3. The Labute approximate surface area is 134 Å². The van der Waals surface area contributed by atoms with E-state index in [0.717, 1.165) is 11.4 Å². The van der Waals surface area contributed by atoms with Crippen molar-refractivity contribution >= 4 is 5.91 Å². The smallest absolute Gasteiger partial charge is 0.257 e. The van der Waals surface area contributed by atoms with Crippen molar-refractivity contribution in [2.45, 2.75) is 19.9 Å². The first-order chi connectivity index (χ1) is 11.1. The van der Waals surface area contributed by atoms with E-state index in [2.05, 4.69) is 11.2 Å². The highest BCUT2D eigenvalue weighted by molar-refractivity contribution is 5.98. The zero-order chi connectivity index (χ0) is 16.0. The fraction of sp³-hybridized carbons (Fsp3) is 0.412. The van der Waals surface area contributed by atoms with E-state index >= 15 is 0 Å².